The zero-order chi connectivity index (χ0) is 9.46. The first-order valence-corrected chi connectivity index (χ1v) is 3.95. The van der Waals surface area contributed by atoms with E-state index in [-0.39, 0.29) is 0 Å². The lowest BCUT2D eigenvalue weighted by atomic mass is 10.6. The van der Waals surface area contributed by atoms with Crippen LogP contribution in [-0.4, -0.2) is 8.40 Å². The van der Waals surface area contributed by atoms with Crippen LogP contribution < -0.4 is 11.1 Å². The summed E-state index contributed by atoms with van der Waals surface area (Å²) in [6, 6.07) is 0. The summed E-state index contributed by atoms with van der Waals surface area (Å²) in [6.07, 6.45) is 0. The molecule has 0 atom stereocenters. The maximum atomic E-state index is 10.9. The van der Waals surface area contributed by atoms with Crippen LogP contribution in [0.15, 0.2) is 9.59 Å². The maximum absolute atomic E-state index is 10.9. The lowest BCUT2D eigenvalue weighted by Crippen LogP contribution is -2.30. The predicted octanol–water partition coefficient (Wildman–Crippen LogP) is 1.32. The molecular formula is C4Cl4N2O2. The lowest BCUT2D eigenvalue weighted by Gasteiger charge is -2.00. The van der Waals surface area contributed by atoms with E-state index in [0.717, 1.165) is 0 Å². The van der Waals surface area contributed by atoms with Gasteiger partial charge in [-0.25, -0.2) is 0 Å². The zero-order valence-corrected chi connectivity index (χ0v) is 8.25. The van der Waals surface area contributed by atoms with Crippen molar-refractivity contribution in [3.05, 3.63) is 30.8 Å². The highest BCUT2D eigenvalue weighted by atomic mass is 35.5. The van der Waals surface area contributed by atoms with Gasteiger partial charge in [0.25, 0.3) is 0 Å². The minimum absolute atomic E-state index is 0.331. The fourth-order valence-corrected chi connectivity index (χ4v) is 1.22. The largest absolute Gasteiger partial charge is 0.302 e. The Labute approximate surface area is 86.0 Å². The average Bonchev–Trinajstić information content (AvgIpc) is 2.08. The van der Waals surface area contributed by atoms with Crippen LogP contribution in [0.1, 0.15) is 0 Å². The summed E-state index contributed by atoms with van der Waals surface area (Å²) in [5.41, 5.74) is -1.70. The first kappa shape index (κ1) is 9.92. The van der Waals surface area contributed by atoms with E-state index in [1.54, 1.807) is 0 Å². The van der Waals surface area contributed by atoms with Gasteiger partial charge in [-0.1, -0.05) is 23.2 Å². The summed E-state index contributed by atoms with van der Waals surface area (Å²) >= 11 is 21.2. The summed E-state index contributed by atoms with van der Waals surface area (Å²) in [7, 11) is 0. The van der Waals surface area contributed by atoms with Crippen molar-refractivity contribution in [1.29, 1.82) is 0 Å². The molecule has 4 nitrogen and oxygen atoms in total. The van der Waals surface area contributed by atoms with Gasteiger partial charge in [-0.2, -0.15) is 0 Å². The van der Waals surface area contributed by atoms with Crippen LogP contribution in [0.25, 0.3) is 0 Å². The second kappa shape index (κ2) is 3.30. The number of hydrogen-bond acceptors (Lipinski definition) is 2. The molecule has 0 amide bonds. The molecule has 0 aromatic carbocycles. The van der Waals surface area contributed by atoms with Gasteiger partial charge in [-0.3, -0.25) is 9.59 Å². The van der Waals surface area contributed by atoms with E-state index in [9.17, 15) is 9.59 Å². The van der Waals surface area contributed by atoms with Crippen molar-refractivity contribution < 1.29 is 0 Å². The standard InChI is InChI=1S/C4Cl4N2O2/c5-1-2(6)4(12)10(8)9(7)3(1)11. The van der Waals surface area contributed by atoms with E-state index in [4.69, 9.17) is 46.8 Å². The first-order valence-electron chi connectivity index (χ1n) is 2.52. The third-order valence-corrected chi connectivity index (χ3v) is 2.54. The first-order chi connectivity index (χ1) is 5.46. The summed E-state index contributed by atoms with van der Waals surface area (Å²) in [4.78, 5) is 21.9. The van der Waals surface area contributed by atoms with Crippen molar-refractivity contribution in [2.24, 2.45) is 0 Å². The molecule has 0 N–H and O–H groups in total. The molecule has 0 radical (unpaired) electrons. The normalized spacial score (nSPS) is 10.3. The third-order valence-electron chi connectivity index (χ3n) is 1.06. The van der Waals surface area contributed by atoms with E-state index < -0.39 is 21.2 Å². The van der Waals surface area contributed by atoms with Crippen LogP contribution >= 0.6 is 46.8 Å². The van der Waals surface area contributed by atoms with Crippen LogP contribution in [0.4, 0.5) is 0 Å². The highest BCUT2D eigenvalue weighted by molar-refractivity contribution is 6.42. The number of nitrogens with zero attached hydrogens (tertiary/aromatic N) is 2. The molecule has 1 aromatic heterocycles. The van der Waals surface area contributed by atoms with Crippen molar-refractivity contribution in [3.8, 4) is 0 Å². The van der Waals surface area contributed by atoms with Gasteiger partial charge in [0.15, 0.2) is 0 Å². The highest BCUT2D eigenvalue weighted by Gasteiger charge is 2.13. The molecule has 0 spiro atoms. The molecule has 66 valence electrons. The minimum atomic E-state index is -0.849. The number of rotatable bonds is 0. The summed E-state index contributed by atoms with van der Waals surface area (Å²) in [5.74, 6) is 0. The number of hydrogen-bond donors (Lipinski definition) is 0. The van der Waals surface area contributed by atoms with Gasteiger partial charge < -0.3 is 0 Å². The summed E-state index contributed by atoms with van der Waals surface area (Å²) < 4.78 is 0.663. The van der Waals surface area contributed by atoms with E-state index in [1.165, 1.54) is 0 Å². The van der Waals surface area contributed by atoms with E-state index in [0.29, 0.717) is 8.40 Å². The Bertz CT molecular complexity index is 358. The maximum Gasteiger partial charge on any atom is 0.302 e. The van der Waals surface area contributed by atoms with Gasteiger partial charge in [-0.05, 0) is 0 Å². The van der Waals surface area contributed by atoms with Crippen LogP contribution in [0.5, 0.6) is 0 Å². The van der Waals surface area contributed by atoms with Crippen LogP contribution in [0, 0.1) is 0 Å². The fourth-order valence-electron chi connectivity index (χ4n) is 0.509. The highest BCUT2D eigenvalue weighted by Crippen LogP contribution is 2.12. The van der Waals surface area contributed by atoms with Crippen LogP contribution in [0.3, 0.4) is 0 Å². The summed E-state index contributed by atoms with van der Waals surface area (Å²) in [6.45, 7) is 0. The minimum Gasteiger partial charge on any atom is -0.265 e. The molecule has 12 heavy (non-hydrogen) atoms. The molecule has 1 aromatic rings. The quantitative estimate of drug-likeness (QED) is 0.696. The zero-order valence-electron chi connectivity index (χ0n) is 5.22. The van der Waals surface area contributed by atoms with Crippen molar-refractivity contribution >= 4 is 46.8 Å². The van der Waals surface area contributed by atoms with Crippen LogP contribution in [-0.2, 0) is 0 Å². The van der Waals surface area contributed by atoms with E-state index >= 15 is 0 Å². The monoisotopic (exact) mass is 248 g/mol. The Hall–Kier alpha value is -0.160. The topological polar surface area (TPSA) is 44.0 Å². The average molecular weight is 250 g/mol. The Kier molecular flexibility index (Phi) is 2.73. The van der Waals surface area contributed by atoms with Crippen LogP contribution in [0.2, 0.25) is 10.0 Å². The number of halogens is 4. The molecule has 8 heteroatoms. The molecule has 1 heterocycles. The third kappa shape index (κ3) is 1.35. The Morgan fingerprint density at radius 3 is 1.33 bits per heavy atom. The van der Waals surface area contributed by atoms with Gasteiger partial charge in [0.05, 0.1) is 0 Å². The molecule has 0 aliphatic carbocycles. The van der Waals surface area contributed by atoms with Crippen molar-refractivity contribution in [3.63, 3.8) is 0 Å². The summed E-state index contributed by atoms with van der Waals surface area (Å²) in [5, 5.41) is -0.901. The van der Waals surface area contributed by atoms with E-state index in [1.807, 2.05) is 0 Å². The molecule has 0 bridgehead atoms. The lowest BCUT2D eigenvalue weighted by molar-refractivity contribution is 0.804. The van der Waals surface area contributed by atoms with Gasteiger partial charge in [0.2, 0.25) is 0 Å². The number of aromatic nitrogens is 2. The molecule has 0 aliphatic rings. The second-order valence-corrected chi connectivity index (χ2v) is 3.15. The molecule has 1 rings (SSSR count). The molecule has 0 unspecified atom stereocenters. The Morgan fingerprint density at radius 1 is 0.833 bits per heavy atom. The van der Waals surface area contributed by atoms with Gasteiger partial charge >= 0.3 is 11.1 Å². The van der Waals surface area contributed by atoms with Gasteiger partial charge in [0.1, 0.15) is 10.0 Å². The molecular weight excluding hydrogens is 250 g/mol. The Balaban J connectivity index is 3.86. The SMILES string of the molecule is O=c1c(Cl)c(Cl)c(=O)n(Cl)n1Cl. The van der Waals surface area contributed by atoms with Crippen molar-refractivity contribution in [2.75, 3.05) is 0 Å². The smallest absolute Gasteiger partial charge is 0.265 e. The van der Waals surface area contributed by atoms with Crippen molar-refractivity contribution in [2.45, 2.75) is 0 Å². The molecule has 0 saturated carbocycles. The fraction of sp³-hybridized carbons (Fsp3) is 0. The van der Waals surface area contributed by atoms with Crippen molar-refractivity contribution in [1.82, 2.24) is 8.40 Å². The predicted molar refractivity (Wildman–Crippen MR) is 47.5 cm³/mol. The van der Waals surface area contributed by atoms with E-state index in [2.05, 4.69) is 0 Å². The molecule has 0 fully saturated rings. The Morgan fingerprint density at radius 2 is 1.08 bits per heavy atom. The molecule has 0 saturated heterocycles. The second-order valence-electron chi connectivity index (χ2n) is 1.76. The van der Waals surface area contributed by atoms with Gasteiger partial charge in [-0.15, -0.1) is 8.40 Å². The molecule has 0 aliphatic heterocycles. The van der Waals surface area contributed by atoms with Gasteiger partial charge in [0, 0.05) is 23.6 Å².